The summed E-state index contributed by atoms with van der Waals surface area (Å²) >= 11 is 0. The van der Waals surface area contributed by atoms with Gasteiger partial charge in [-0.1, -0.05) is 19.8 Å². The molecule has 0 aromatic carbocycles. The molecule has 0 aromatic rings. The Balaban J connectivity index is 2.29. The van der Waals surface area contributed by atoms with Gasteiger partial charge in [0.15, 0.2) is 0 Å². The van der Waals surface area contributed by atoms with Gasteiger partial charge in [-0.15, -0.1) is 0 Å². The molecule has 2 N–H and O–H groups in total. The lowest BCUT2D eigenvalue weighted by Crippen LogP contribution is -2.46. The average molecular weight is 212 g/mol. The second-order valence-electron chi connectivity index (χ2n) is 4.24. The molecular weight excluding hydrogens is 192 g/mol. The zero-order chi connectivity index (χ0) is 11.3. The third kappa shape index (κ3) is 3.90. The molecule has 0 bridgehead atoms. The molecule has 0 radical (unpaired) electrons. The Kier molecular flexibility index (Phi) is 4.59. The first-order chi connectivity index (χ1) is 7.13. The molecule has 86 valence electrons. The number of carbonyl (C=O) groups excluding carboxylic acids is 2. The van der Waals surface area contributed by atoms with E-state index in [9.17, 15) is 9.59 Å². The van der Waals surface area contributed by atoms with Gasteiger partial charge in [0.2, 0.25) is 0 Å². The molecule has 0 heterocycles. The molecule has 0 spiro atoms. The van der Waals surface area contributed by atoms with E-state index in [0.717, 1.165) is 32.1 Å². The summed E-state index contributed by atoms with van der Waals surface area (Å²) in [6.45, 7) is 3.86. The van der Waals surface area contributed by atoms with Gasteiger partial charge in [-0.2, -0.15) is 0 Å². The van der Waals surface area contributed by atoms with Crippen LogP contribution in [0.4, 0.5) is 0 Å². The lowest BCUT2D eigenvalue weighted by molar-refractivity contribution is -0.140. The van der Waals surface area contributed by atoms with Crippen LogP contribution in [0, 0.1) is 0 Å². The maximum Gasteiger partial charge on any atom is 0.309 e. The van der Waals surface area contributed by atoms with Crippen LogP contribution in [0.25, 0.3) is 0 Å². The third-order valence-electron chi connectivity index (χ3n) is 2.89. The smallest absolute Gasteiger partial charge is 0.309 e. The molecule has 1 aliphatic carbocycles. The quantitative estimate of drug-likeness (QED) is 0.685. The van der Waals surface area contributed by atoms with Gasteiger partial charge in [-0.25, -0.2) is 0 Å². The Morgan fingerprint density at radius 2 is 1.87 bits per heavy atom. The zero-order valence-electron chi connectivity index (χ0n) is 9.51. The lowest BCUT2D eigenvalue weighted by atomic mass is 10.2. The molecule has 0 aliphatic heterocycles. The highest BCUT2D eigenvalue weighted by atomic mass is 16.2. The molecule has 0 saturated heterocycles. The minimum atomic E-state index is -0.503. The number of hydrogen-bond donors (Lipinski definition) is 2. The van der Waals surface area contributed by atoms with E-state index in [-0.39, 0.29) is 12.1 Å². The maximum atomic E-state index is 11.4. The number of hydrogen-bond acceptors (Lipinski definition) is 2. The molecule has 1 saturated carbocycles. The molecule has 0 unspecified atom stereocenters. The first-order valence-electron chi connectivity index (χ1n) is 5.74. The van der Waals surface area contributed by atoms with E-state index in [2.05, 4.69) is 10.6 Å². The first kappa shape index (κ1) is 12.0. The minimum Gasteiger partial charge on any atom is -0.345 e. The van der Waals surface area contributed by atoms with Crippen molar-refractivity contribution in [3.63, 3.8) is 0 Å². The van der Waals surface area contributed by atoms with Crippen LogP contribution in [0.1, 0.15) is 46.0 Å². The zero-order valence-corrected chi connectivity index (χ0v) is 9.51. The van der Waals surface area contributed by atoms with Crippen molar-refractivity contribution >= 4 is 11.8 Å². The largest absolute Gasteiger partial charge is 0.345 e. The summed E-state index contributed by atoms with van der Waals surface area (Å²) in [4.78, 5) is 22.8. The van der Waals surface area contributed by atoms with Gasteiger partial charge in [0.05, 0.1) is 0 Å². The summed E-state index contributed by atoms with van der Waals surface area (Å²) in [7, 11) is 0. The summed E-state index contributed by atoms with van der Waals surface area (Å²) in [5.41, 5.74) is 0. The Labute approximate surface area is 90.8 Å². The van der Waals surface area contributed by atoms with E-state index in [0.29, 0.717) is 0 Å². The first-order valence-corrected chi connectivity index (χ1v) is 5.74. The van der Waals surface area contributed by atoms with Crippen LogP contribution in [0.15, 0.2) is 0 Å². The lowest BCUT2D eigenvalue weighted by Gasteiger charge is -2.14. The Morgan fingerprint density at radius 3 is 2.40 bits per heavy atom. The van der Waals surface area contributed by atoms with Crippen LogP contribution in [0.3, 0.4) is 0 Å². The van der Waals surface area contributed by atoms with E-state index in [1.165, 1.54) is 0 Å². The van der Waals surface area contributed by atoms with Gasteiger partial charge in [-0.3, -0.25) is 9.59 Å². The summed E-state index contributed by atoms with van der Waals surface area (Å²) in [6, 6.07) is 0.270. The van der Waals surface area contributed by atoms with Crippen LogP contribution in [-0.2, 0) is 9.59 Å². The third-order valence-corrected chi connectivity index (χ3v) is 2.89. The maximum absolute atomic E-state index is 11.4. The molecule has 1 aliphatic rings. The van der Waals surface area contributed by atoms with Crippen LogP contribution in [0.5, 0.6) is 0 Å². The predicted octanol–water partition coefficient (Wildman–Crippen LogP) is 0.960. The summed E-state index contributed by atoms with van der Waals surface area (Å²) in [5.74, 6) is -0.988. The molecular formula is C11H20N2O2. The van der Waals surface area contributed by atoms with Gasteiger partial charge in [-0.05, 0) is 26.2 Å². The Bertz CT molecular complexity index is 235. The van der Waals surface area contributed by atoms with Gasteiger partial charge >= 0.3 is 11.8 Å². The minimum absolute atomic E-state index is 0.0619. The van der Waals surface area contributed by atoms with E-state index >= 15 is 0 Å². The van der Waals surface area contributed by atoms with Gasteiger partial charge in [0.25, 0.3) is 0 Å². The normalized spacial score (nSPS) is 18.5. The molecule has 15 heavy (non-hydrogen) atoms. The predicted molar refractivity (Wildman–Crippen MR) is 58.3 cm³/mol. The van der Waals surface area contributed by atoms with Crippen LogP contribution in [-0.4, -0.2) is 23.9 Å². The van der Waals surface area contributed by atoms with Crippen molar-refractivity contribution in [1.29, 1.82) is 0 Å². The highest BCUT2D eigenvalue weighted by molar-refractivity contribution is 6.35. The molecule has 1 fully saturated rings. The Morgan fingerprint density at radius 1 is 1.27 bits per heavy atom. The van der Waals surface area contributed by atoms with Crippen molar-refractivity contribution in [3.05, 3.63) is 0 Å². The van der Waals surface area contributed by atoms with Crippen LogP contribution >= 0.6 is 0 Å². The van der Waals surface area contributed by atoms with Crippen LogP contribution in [0.2, 0.25) is 0 Å². The number of amides is 2. The molecule has 1 rings (SSSR count). The SMILES string of the molecule is CC[C@@H](C)NC(=O)C(=O)NC1CCCC1. The number of rotatable bonds is 3. The van der Waals surface area contributed by atoms with Crippen molar-refractivity contribution in [2.45, 2.75) is 58.0 Å². The monoisotopic (exact) mass is 212 g/mol. The second kappa shape index (κ2) is 5.73. The van der Waals surface area contributed by atoms with Gasteiger partial charge in [0, 0.05) is 12.1 Å². The van der Waals surface area contributed by atoms with E-state index < -0.39 is 11.8 Å². The fourth-order valence-electron chi connectivity index (χ4n) is 1.71. The van der Waals surface area contributed by atoms with E-state index in [1.807, 2.05) is 13.8 Å². The van der Waals surface area contributed by atoms with Crippen molar-refractivity contribution < 1.29 is 9.59 Å². The topological polar surface area (TPSA) is 58.2 Å². The highest BCUT2D eigenvalue weighted by Gasteiger charge is 2.21. The fourth-order valence-corrected chi connectivity index (χ4v) is 1.71. The van der Waals surface area contributed by atoms with Gasteiger partial charge in [0.1, 0.15) is 0 Å². The standard InChI is InChI=1S/C11H20N2O2/c1-3-8(2)12-10(14)11(15)13-9-6-4-5-7-9/h8-9H,3-7H2,1-2H3,(H,12,14)(H,13,15)/t8-/m1/s1. The summed E-state index contributed by atoms with van der Waals surface area (Å²) in [5, 5.41) is 5.41. The molecule has 4 heteroatoms. The highest BCUT2D eigenvalue weighted by Crippen LogP contribution is 2.17. The van der Waals surface area contributed by atoms with Crippen molar-refractivity contribution in [2.24, 2.45) is 0 Å². The average Bonchev–Trinajstić information content (AvgIpc) is 2.70. The van der Waals surface area contributed by atoms with Crippen LogP contribution < -0.4 is 10.6 Å². The van der Waals surface area contributed by atoms with Crippen molar-refractivity contribution in [3.8, 4) is 0 Å². The molecule has 2 amide bonds. The molecule has 0 aromatic heterocycles. The molecule has 4 nitrogen and oxygen atoms in total. The van der Waals surface area contributed by atoms with Crippen molar-refractivity contribution in [1.82, 2.24) is 10.6 Å². The van der Waals surface area contributed by atoms with E-state index in [1.54, 1.807) is 0 Å². The summed E-state index contributed by atoms with van der Waals surface area (Å²) in [6.07, 6.45) is 5.14. The summed E-state index contributed by atoms with van der Waals surface area (Å²) < 4.78 is 0. The fraction of sp³-hybridized carbons (Fsp3) is 0.818. The van der Waals surface area contributed by atoms with Crippen molar-refractivity contribution in [2.75, 3.05) is 0 Å². The number of nitrogens with one attached hydrogen (secondary N) is 2. The Hall–Kier alpha value is -1.06. The number of carbonyl (C=O) groups is 2. The van der Waals surface area contributed by atoms with Gasteiger partial charge < -0.3 is 10.6 Å². The molecule has 1 atom stereocenters. The second-order valence-corrected chi connectivity index (χ2v) is 4.24. The van der Waals surface area contributed by atoms with E-state index in [4.69, 9.17) is 0 Å².